The third-order valence-electron chi connectivity index (χ3n) is 3.48. The highest BCUT2D eigenvalue weighted by Crippen LogP contribution is 2.20. The average Bonchev–Trinajstić information content (AvgIpc) is 2.94. The maximum atomic E-state index is 12.4. The molecule has 24 heavy (non-hydrogen) atoms. The van der Waals surface area contributed by atoms with Crippen molar-refractivity contribution in [1.82, 2.24) is 4.98 Å². The van der Waals surface area contributed by atoms with Gasteiger partial charge in [-0.2, -0.15) is 0 Å². The number of fused-ring (bicyclic) bond motifs is 1. The highest BCUT2D eigenvalue weighted by Gasteiger charge is 2.09. The van der Waals surface area contributed by atoms with Gasteiger partial charge in [0.1, 0.15) is 5.52 Å². The lowest BCUT2D eigenvalue weighted by Crippen LogP contribution is -2.13. The lowest BCUT2D eigenvalue weighted by atomic mass is 10.1. The monoisotopic (exact) mass is 323 g/mol. The number of benzene rings is 2. The number of nitrogens with zero attached hydrogens (tertiary/aromatic N) is 1. The average molecular weight is 323 g/mol. The number of nitrogens with one attached hydrogen (secondary N) is 2. The van der Waals surface area contributed by atoms with Crippen LogP contribution < -0.4 is 10.6 Å². The van der Waals surface area contributed by atoms with Crippen molar-refractivity contribution in [2.45, 2.75) is 20.3 Å². The second-order valence-electron chi connectivity index (χ2n) is 5.35. The van der Waals surface area contributed by atoms with Gasteiger partial charge in [-0.15, -0.1) is 0 Å². The van der Waals surface area contributed by atoms with Gasteiger partial charge in [-0.05, 0) is 36.4 Å². The first-order valence-corrected chi connectivity index (χ1v) is 7.63. The van der Waals surface area contributed by atoms with E-state index in [4.69, 9.17) is 4.42 Å². The minimum absolute atomic E-state index is 0.0978. The molecular weight excluding hydrogens is 306 g/mol. The van der Waals surface area contributed by atoms with Crippen LogP contribution in [0.1, 0.15) is 29.6 Å². The minimum Gasteiger partial charge on any atom is -0.441 e. The minimum atomic E-state index is -0.262. The van der Waals surface area contributed by atoms with Crippen molar-refractivity contribution in [3.05, 3.63) is 53.9 Å². The van der Waals surface area contributed by atoms with Crippen molar-refractivity contribution in [2.24, 2.45) is 0 Å². The fourth-order valence-corrected chi connectivity index (χ4v) is 2.31. The van der Waals surface area contributed by atoms with E-state index in [1.54, 1.807) is 56.3 Å². The van der Waals surface area contributed by atoms with E-state index in [1.165, 1.54) is 0 Å². The Kier molecular flexibility index (Phi) is 4.29. The van der Waals surface area contributed by atoms with E-state index in [-0.39, 0.29) is 11.8 Å². The van der Waals surface area contributed by atoms with Crippen molar-refractivity contribution in [1.29, 1.82) is 0 Å². The molecular formula is C18H17N3O3. The highest BCUT2D eigenvalue weighted by molar-refractivity contribution is 6.05. The van der Waals surface area contributed by atoms with Crippen LogP contribution in [0.2, 0.25) is 0 Å². The van der Waals surface area contributed by atoms with Gasteiger partial charge < -0.3 is 15.1 Å². The Morgan fingerprint density at radius 1 is 1.08 bits per heavy atom. The SMILES string of the molecule is CCC(=O)Nc1cccc(C(=O)Nc2ccc3oc(C)nc3c2)c1. The van der Waals surface area contributed by atoms with Crippen LogP contribution in [0.3, 0.4) is 0 Å². The molecule has 0 radical (unpaired) electrons. The first-order valence-electron chi connectivity index (χ1n) is 7.63. The number of hydrogen-bond donors (Lipinski definition) is 2. The summed E-state index contributed by atoms with van der Waals surface area (Å²) in [5, 5.41) is 5.56. The van der Waals surface area contributed by atoms with Crippen LogP contribution in [0.15, 0.2) is 46.9 Å². The molecule has 0 aliphatic rings. The predicted molar refractivity (Wildman–Crippen MR) is 92.1 cm³/mol. The van der Waals surface area contributed by atoms with E-state index >= 15 is 0 Å². The standard InChI is InChI=1S/C18H17N3O3/c1-3-17(22)20-13-6-4-5-12(9-13)18(23)21-14-7-8-16-15(10-14)19-11(2)24-16/h4-10H,3H2,1-2H3,(H,20,22)(H,21,23). The van der Waals surface area contributed by atoms with Crippen molar-refractivity contribution >= 4 is 34.3 Å². The number of oxazole rings is 1. The number of anilines is 2. The molecule has 0 aliphatic carbocycles. The summed E-state index contributed by atoms with van der Waals surface area (Å²) in [4.78, 5) is 28.1. The third-order valence-corrected chi connectivity index (χ3v) is 3.48. The third kappa shape index (κ3) is 3.43. The molecule has 0 atom stereocenters. The molecule has 0 unspecified atom stereocenters. The zero-order valence-corrected chi connectivity index (χ0v) is 13.4. The smallest absolute Gasteiger partial charge is 0.255 e. The van der Waals surface area contributed by atoms with Crippen molar-refractivity contribution in [2.75, 3.05) is 10.6 Å². The quantitative estimate of drug-likeness (QED) is 0.766. The van der Waals surface area contributed by atoms with Crippen LogP contribution in [0.25, 0.3) is 11.1 Å². The van der Waals surface area contributed by atoms with Gasteiger partial charge in [0.25, 0.3) is 5.91 Å². The largest absolute Gasteiger partial charge is 0.441 e. The molecule has 3 aromatic rings. The molecule has 6 heteroatoms. The van der Waals surface area contributed by atoms with Gasteiger partial charge in [0.15, 0.2) is 11.5 Å². The molecule has 2 amide bonds. The normalized spacial score (nSPS) is 10.6. The summed E-state index contributed by atoms with van der Waals surface area (Å²) in [6, 6.07) is 12.1. The number of aromatic nitrogens is 1. The van der Waals surface area contributed by atoms with Crippen LogP contribution in [0.4, 0.5) is 11.4 Å². The first kappa shape index (κ1) is 15.7. The van der Waals surface area contributed by atoms with Crippen molar-refractivity contribution < 1.29 is 14.0 Å². The maximum Gasteiger partial charge on any atom is 0.255 e. The fraction of sp³-hybridized carbons (Fsp3) is 0.167. The summed E-state index contributed by atoms with van der Waals surface area (Å²) >= 11 is 0. The zero-order valence-electron chi connectivity index (χ0n) is 13.4. The van der Waals surface area contributed by atoms with E-state index in [0.717, 1.165) is 0 Å². The zero-order chi connectivity index (χ0) is 17.1. The number of carbonyl (C=O) groups is 2. The summed E-state index contributed by atoms with van der Waals surface area (Å²) in [6.07, 6.45) is 0.382. The topological polar surface area (TPSA) is 84.2 Å². The van der Waals surface area contributed by atoms with Gasteiger partial charge >= 0.3 is 0 Å². The van der Waals surface area contributed by atoms with Crippen LogP contribution in [-0.2, 0) is 4.79 Å². The van der Waals surface area contributed by atoms with Gasteiger partial charge in [-0.1, -0.05) is 13.0 Å². The van der Waals surface area contributed by atoms with Crippen LogP contribution in [0, 0.1) is 6.92 Å². The predicted octanol–water partition coefficient (Wildman–Crippen LogP) is 3.74. The molecule has 122 valence electrons. The Hall–Kier alpha value is -3.15. The Morgan fingerprint density at radius 2 is 1.88 bits per heavy atom. The molecule has 2 aromatic carbocycles. The van der Waals surface area contributed by atoms with Crippen molar-refractivity contribution in [3.8, 4) is 0 Å². The molecule has 0 aliphatic heterocycles. The van der Waals surface area contributed by atoms with Crippen LogP contribution in [-0.4, -0.2) is 16.8 Å². The molecule has 1 aromatic heterocycles. The molecule has 0 spiro atoms. The molecule has 3 rings (SSSR count). The van der Waals surface area contributed by atoms with Crippen molar-refractivity contribution in [3.63, 3.8) is 0 Å². The lowest BCUT2D eigenvalue weighted by molar-refractivity contribution is -0.115. The molecule has 6 nitrogen and oxygen atoms in total. The van der Waals surface area contributed by atoms with Gasteiger partial charge in [-0.3, -0.25) is 9.59 Å². The Bertz CT molecular complexity index is 915. The van der Waals surface area contributed by atoms with Gasteiger partial charge in [0, 0.05) is 30.3 Å². The second-order valence-corrected chi connectivity index (χ2v) is 5.35. The molecule has 0 fully saturated rings. The van der Waals surface area contributed by atoms with Crippen LogP contribution in [0.5, 0.6) is 0 Å². The Balaban J connectivity index is 1.78. The fourth-order valence-electron chi connectivity index (χ4n) is 2.31. The maximum absolute atomic E-state index is 12.4. The van der Waals surface area contributed by atoms with E-state index < -0.39 is 0 Å². The highest BCUT2D eigenvalue weighted by atomic mass is 16.3. The summed E-state index contributed by atoms with van der Waals surface area (Å²) in [5.74, 6) is 0.217. The molecule has 0 saturated heterocycles. The summed E-state index contributed by atoms with van der Waals surface area (Å²) < 4.78 is 5.41. The van der Waals surface area contributed by atoms with E-state index in [1.807, 2.05) is 0 Å². The van der Waals surface area contributed by atoms with E-state index in [2.05, 4.69) is 15.6 Å². The molecule has 0 saturated carbocycles. The number of hydrogen-bond acceptors (Lipinski definition) is 4. The van der Waals surface area contributed by atoms with E-state index in [9.17, 15) is 9.59 Å². The van der Waals surface area contributed by atoms with Gasteiger partial charge in [0.2, 0.25) is 5.91 Å². The lowest BCUT2D eigenvalue weighted by Gasteiger charge is -2.08. The summed E-state index contributed by atoms with van der Waals surface area (Å²) in [6.45, 7) is 3.54. The number of amides is 2. The van der Waals surface area contributed by atoms with Gasteiger partial charge in [0.05, 0.1) is 0 Å². The number of rotatable bonds is 4. The number of aryl methyl sites for hydroxylation is 1. The molecule has 2 N–H and O–H groups in total. The Labute approximate surface area is 138 Å². The molecule has 1 heterocycles. The number of carbonyl (C=O) groups excluding carboxylic acids is 2. The first-order chi connectivity index (χ1) is 11.5. The second kappa shape index (κ2) is 6.54. The van der Waals surface area contributed by atoms with Gasteiger partial charge in [-0.25, -0.2) is 4.98 Å². The van der Waals surface area contributed by atoms with E-state index in [0.29, 0.717) is 40.3 Å². The Morgan fingerprint density at radius 3 is 2.67 bits per heavy atom. The molecule has 0 bridgehead atoms. The van der Waals surface area contributed by atoms with Crippen LogP contribution >= 0.6 is 0 Å². The summed E-state index contributed by atoms with van der Waals surface area (Å²) in [7, 11) is 0. The summed E-state index contributed by atoms with van der Waals surface area (Å²) in [5.41, 5.74) is 3.05.